The average Bonchev–Trinajstić information content (AvgIpc) is 2.30. The zero-order valence-electron chi connectivity index (χ0n) is 9.61. The molecule has 0 aliphatic rings. The number of nitrogens with zero attached hydrogens (tertiary/aromatic N) is 2. The summed E-state index contributed by atoms with van der Waals surface area (Å²) in [5.41, 5.74) is 6.86. The van der Waals surface area contributed by atoms with Crippen LogP contribution < -0.4 is 5.73 Å². The molecule has 2 rings (SSSR count). The van der Waals surface area contributed by atoms with Crippen molar-refractivity contribution in [3.63, 3.8) is 0 Å². The molecule has 0 unspecified atom stereocenters. The predicted octanol–water partition coefficient (Wildman–Crippen LogP) is 2.94. The first kappa shape index (κ1) is 10.9. The molecule has 2 aromatic rings. The van der Waals surface area contributed by atoms with Gasteiger partial charge in [-0.1, -0.05) is 31.9 Å². The highest BCUT2D eigenvalue weighted by molar-refractivity contribution is 5.87. The van der Waals surface area contributed by atoms with E-state index in [-0.39, 0.29) is 0 Å². The van der Waals surface area contributed by atoms with Crippen LogP contribution >= 0.6 is 0 Å². The molecule has 0 fully saturated rings. The Labute approximate surface area is 95.7 Å². The summed E-state index contributed by atoms with van der Waals surface area (Å²) in [7, 11) is 0. The van der Waals surface area contributed by atoms with E-state index in [9.17, 15) is 0 Å². The predicted molar refractivity (Wildman–Crippen MR) is 67.2 cm³/mol. The number of para-hydroxylation sites is 1. The molecule has 3 nitrogen and oxygen atoms in total. The molecule has 0 saturated heterocycles. The van der Waals surface area contributed by atoms with Crippen LogP contribution in [0.2, 0.25) is 0 Å². The van der Waals surface area contributed by atoms with Gasteiger partial charge in [-0.05, 0) is 18.6 Å². The Bertz CT molecular complexity index is 480. The van der Waals surface area contributed by atoms with E-state index in [4.69, 9.17) is 5.73 Å². The summed E-state index contributed by atoms with van der Waals surface area (Å²) in [5.74, 6) is 1.46. The molecule has 1 aromatic carbocycles. The number of unbranched alkanes of at least 4 members (excludes halogenated alkanes) is 2. The Balaban J connectivity index is 2.27. The van der Waals surface area contributed by atoms with Crippen LogP contribution in [0, 0.1) is 0 Å². The molecular formula is C13H17N3. The fourth-order valence-corrected chi connectivity index (χ4v) is 1.80. The maximum Gasteiger partial charge on any atom is 0.135 e. The Morgan fingerprint density at radius 3 is 2.75 bits per heavy atom. The highest BCUT2D eigenvalue weighted by atomic mass is 14.9. The highest BCUT2D eigenvalue weighted by Crippen LogP contribution is 2.17. The SMILES string of the molecule is CCCCCc1nc(N)c2ccccc2n1. The Morgan fingerprint density at radius 1 is 1.12 bits per heavy atom. The van der Waals surface area contributed by atoms with Crippen LogP contribution in [-0.4, -0.2) is 9.97 Å². The van der Waals surface area contributed by atoms with Gasteiger partial charge in [-0.2, -0.15) is 0 Å². The number of fused-ring (bicyclic) bond motifs is 1. The average molecular weight is 215 g/mol. The third kappa shape index (κ3) is 2.30. The van der Waals surface area contributed by atoms with Gasteiger partial charge in [0.05, 0.1) is 5.52 Å². The van der Waals surface area contributed by atoms with Gasteiger partial charge >= 0.3 is 0 Å². The molecule has 0 aliphatic carbocycles. The molecule has 16 heavy (non-hydrogen) atoms. The van der Waals surface area contributed by atoms with Gasteiger partial charge < -0.3 is 5.73 Å². The maximum atomic E-state index is 5.91. The molecule has 0 bridgehead atoms. The van der Waals surface area contributed by atoms with Crippen LogP contribution in [0.3, 0.4) is 0 Å². The van der Waals surface area contributed by atoms with E-state index in [2.05, 4.69) is 16.9 Å². The van der Waals surface area contributed by atoms with Crippen molar-refractivity contribution in [3.05, 3.63) is 30.1 Å². The van der Waals surface area contributed by atoms with Crippen LogP contribution in [0.1, 0.15) is 32.0 Å². The maximum absolute atomic E-state index is 5.91. The minimum Gasteiger partial charge on any atom is -0.383 e. The van der Waals surface area contributed by atoms with Gasteiger partial charge in [-0.3, -0.25) is 0 Å². The molecular weight excluding hydrogens is 198 g/mol. The van der Waals surface area contributed by atoms with Crippen LogP contribution in [0.5, 0.6) is 0 Å². The summed E-state index contributed by atoms with van der Waals surface area (Å²) in [6.07, 6.45) is 4.48. The van der Waals surface area contributed by atoms with Crippen LogP contribution in [0.4, 0.5) is 5.82 Å². The van der Waals surface area contributed by atoms with Gasteiger partial charge in [-0.15, -0.1) is 0 Å². The number of hydrogen-bond acceptors (Lipinski definition) is 3. The monoisotopic (exact) mass is 215 g/mol. The molecule has 0 aliphatic heterocycles. The molecule has 0 saturated carbocycles. The van der Waals surface area contributed by atoms with Crippen molar-refractivity contribution in [2.24, 2.45) is 0 Å². The standard InChI is InChI=1S/C13H17N3/c1-2-3-4-9-12-15-11-8-6-5-7-10(11)13(14)16-12/h5-8H,2-4,9H2,1H3,(H2,14,15,16). The lowest BCUT2D eigenvalue weighted by atomic mass is 10.2. The van der Waals surface area contributed by atoms with E-state index < -0.39 is 0 Å². The van der Waals surface area contributed by atoms with Crippen LogP contribution in [0.25, 0.3) is 10.9 Å². The second-order valence-electron chi connectivity index (χ2n) is 4.00. The first-order chi connectivity index (χ1) is 7.81. The van der Waals surface area contributed by atoms with E-state index in [0.717, 1.165) is 29.6 Å². The number of anilines is 1. The number of nitrogen functional groups attached to an aromatic ring is 1. The molecule has 1 aromatic heterocycles. The summed E-state index contributed by atoms with van der Waals surface area (Å²) in [6.45, 7) is 2.19. The second kappa shape index (κ2) is 4.92. The molecule has 1 heterocycles. The van der Waals surface area contributed by atoms with Crippen molar-refractivity contribution in [1.29, 1.82) is 0 Å². The quantitative estimate of drug-likeness (QED) is 0.798. The Kier molecular flexibility index (Phi) is 3.34. The van der Waals surface area contributed by atoms with Crippen LogP contribution in [0.15, 0.2) is 24.3 Å². The largest absolute Gasteiger partial charge is 0.383 e. The number of benzene rings is 1. The molecule has 0 spiro atoms. The van der Waals surface area contributed by atoms with Gasteiger partial charge in [0.25, 0.3) is 0 Å². The van der Waals surface area contributed by atoms with E-state index in [1.54, 1.807) is 0 Å². The lowest BCUT2D eigenvalue weighted by molar-refractivity contribution is 0.696. The number of nitrogens with two attached hydrogens (primary N) is 1. The second-order valence-corrected chi connectivity index (χ2v) is 4.00. The van der Waals surface area contributed by atoms with E-state index in [1.165, 1.54) is 12.8 Å². The van der Waals surface area contributed by atoms with Crippen molar-refractivity contribution in [3.8, 4) is 0 Å². The van der Waals surface area contributed by atoms with Crippen LogP contribution in [-0.2, 0) is 6.42 Å². The van der Waals surface area contributed by atoms with Gasteiger partial charge in [0.2, 0.25) is 0 Å². The minimum atomic E-state index is 0.595. The molecule has 84 valence electrons. The summed E-state index contributed by atoms with van der Waals surface area (Å²) >= 11 is 0. The normalized spacial score (nSPS) is 10.8. The zero-order valence-corrected chi connectivity index (χ0v) is 9.61. The van der Waals surface area contributed by atoms with E-state index in [1.807, 2.05) is 24.3 Å². The highest BCUT2D eigenvalue weighted by Gasteiger charge is 2.03. The molecule has 0 radical (unpaired) electrons. The molecule has 0 atom stereocenters. The third-order valence-corrected chi connectivity index (χ3v) is 2.68. The van der Waals surface area contributed by atoms with Crippen molar-refractivity contribution in [2.75, 3.05) is 5.73 Å². The Hall–Kier alpha value is -1.64. The fraction of sp³-hybridized carbons (Fsp3) is 0.385. The number of aryl methyl sites for hydroxylation is 1. The summed E-state index contributed by atoms with van der Waals surface area (Å²) < 4.78 is 0. The lowest BCUT2D eigenvalue weighted by Gasteiger charge is -2.04. The molecule has 3 heteroatoms. The van der Waals surface area contributed by atoms with Gasteiger partial charge in [0.15, 0.2) is 0 Å². The zero-order chi connectivity index (χ0) is 11.4. The van der Waals surface area contributed by atoms with Crippen molar-refractivity contribution in [1.82, 2.24) is 9.97 Å². The minimum absolute atomic E-state index is 0.595. The molecule has 2 N–H and O–H groups in total. The lowest BCUT2D eigenvalue weighted by Crippen LogP contribution is -2.01. The smallest absolute Gasteiger partial charge is 0.135 e. The van der Waals surface area contributed by atoms with Crippen molar-refractivity contribution < 1.29 is 0 Å². The van der Waals surface area contributed by atoms with Gasteiger partial charge in [0.1, 0.15) is 11.6 Å². The number of hydrogen-bond donors (Lipinski definition) is 1. The van der Waals surface area contributed by atoms with Gasteiger partial charge in [0, 0.05) is 11.8 Å². The first-order valence-corrected chi connectivity index (χ1v) is 5.82. The summed E-state index contributed by atoms with van der Waals surface area (Å²) in [4.78, 5) is 8.86. The summed E-state index contributed by atoms with van der Waals surface area (Å²) in [6, 6.07) is 7.88. The number of rotatable bonds is 4. The number of aromatic nitrogens is 2. The fourth-order valence-electron chi connectivity index (χ4n) is 1.80. The van der Waals surface area contributed by atoms with E-state index in [0.29, 0.717) is 5.82 Å². The Morgan fingerprint density at radius 2 is 1.94 bits per heavy atom. The van der Waals surface area contributed by atoms with Crippen molar-refractivity contribution >= 4 is 16.7 Å². The summed E-state index contributed by atoms with van der Waals surface area (Å²) in [5, 5.41) is 0.946. The van der Waals surface area contributed by atoms with E-state index >= 15 is 0 Å². The molecule has 0 amide bonds. The third-order valence-electron chi connectivity index (χ3n) is 2.68. The van der Waals surface area contributed by atoms with Gasteiger partial charge in [-0.25, -0.2) is 9.97 Å². The first-order valence-electron chi connectivity index (χ1n) is 5.82. The van der Waals surface area contributed by atoms with Crippen molar-refractivity contribution in [2.45, 2.75) is 32.6 Å². The topological polar surface area (TPSA) is 51.8 Å².